The second kappa shape index (κ2) is 10.2. The highest BCUT2D eigenvalue weighted by molar-refractivity contribution is 6.30. The van der Waals surface area contributed by atoms with Crippen LogP contribution in [-0.4, -0.2) is 6.34 Å². The Labute approximate surface area is 162 Å². The summed E-state index contributed by atoms with van der Waals surface area (Å²) in [7, 11) is 0. The van der Waals surface area contributed by atoms with Gasteiger partial charge in [-0.15, -0.1) is 0 Å². The van der Waals surface area contributed by atoms with Gasteiger partial charge < -0.3 is 5.73 Å². The van der Waals surface area contributed by atoms with Crippen LogP contribution in [-0.2, 0) is 0 Å². The lowest BCUT2D eigenvalue weighted by atomic mass is 10.0. The van der Waals surface area contributed by atoms with Gasteiger partial charge in [0.25, 0.3) is 0 Å². The molecular weight excluding hydrogens is 366 g/mol. The molecule has 0 fully saturated rings. The molecule has 0 heterocycles. The molecule has 0 spiro atoms. The van der Waals surface area contributed by atoms with Crippen LogP contribution in [0, 0.1) is 11.6 Å². The summed E-state index contributed by atoms with van der Waals surface area (Å²) in [5.41, 5.74) is 8.30. The van der Waals surface area contributed by atoms with Crippen LogP contribution in [0.1, 0.15) is 12.5 Å². The SMILES string of the molecule is C/C=C/c1ccc(-c2cc(F)cc(F)c2)cc1.NC=Nc1ccc(Cl)cc1. The van der Waals surface area contributed by atoms with E-state index in [2.05, 4.69) is 4.99 Å². The molecule has 5 heteroatoms. The Morgan fingerprint density at radius 1 is 0.852 bits per heavy atom. The van der Waals surface area contributed by atoms with E-state index in [1.165, 1.54) is 18.5 Å². The third-order valence-electron chi connectivity index (χ3n) is 3.52. The lowest BCUT2D eigenvalue weighted by Gasteiger charge is -2.03. The summed E-state index contributed by atoms with van der Waals surface area (Å²) < 4.78 is 26.1. The number of aliphatic imine (C=N–C) groups is 1. The van der Waals surface area contributed by atoms with E-state index in [0.717, 1.165) is 22.9 Å². The number of benzene rings is 3. The lowest BCUT2D eigenvalue weighted by Crippen LogP contribution is -1.85. The Morgan fingerprint density at radius 3 is 1.96 bits per heavy atom. The summed E-state index contributed by atoms with van der Waals surface area (Å²) in [5.74, 6) is -1.12. The van der Waals surface area contributed by atoms with E-state index in [0.29, 0.717) is 10.6 Å². The minimum Gasteiger partial charge on any atom is -0.390 e. The molecule has 0 unspecified atom stereocenters. The van der Waals surface area contributed by atoms with E-state index in [4.69, 9.17) is 17.3 Å². The van der Waals surface area contributed by atoms with Gasteiger partial charge in [0.2, 0.25) is 0 Å². The van der Waals surface area contributed by atoms with Gasteiger partial charge in [-0.2, -0.15) is 0 Å². The van der Waals surface area contributed by atoms with Crippen molar-refractivity contribution in [3.63, 3.8) is 0 Å². The average molecular weight is 385 g/mol. The number of halogens is 3. The summed E-state index contributed by atoms with van der Waals surface area (Å²) in [5, 5.41) is 0.705. The van der Waals surface area contributed by atoms with Gasteiger partial charge >= 0.3 is 0 Å². The Hall–Kier alpha value is -2.98. The molecule has 3 rings (SSSR count). The molecule has 0 saturated heterocycles. The molecule has 0 aliphatic rings. The molecule has 2 N–H and O–H groups in total. The third kappa shape index (κ3) is 6.68. The topological polar surface area (TPSA) is 38.4 Å². The van der Waals surface area contributed by atoms with Crippen LogP contribution in [0.3, 0.4) is 0 Å². The smallest absolute Gasteiger partial charge is 0.126 e. The zero-order valence-corrected chi connectivity index (χ0v) is 15.5. The van der Waals surface area contributed by atoms with Crippen LogP contribution < -0.4 is 5.73 Å². The van der Waals surface area contributed by atoms with E-state index in [1.54, 1.807) is 24.3 Å². The fraction of sp³-hybridized carbons (Fsp3) is 0.0455. The molecule has 0 aliphatic carbocycles. The average Bonchev–Trinajstić information content (AvgIpc) is 2.64. The first kappa shape index (κ1) is 20.3. The lowest BCUT2D eigenvalue weighted by molar-refractivity contribution is 0.584. The number of allylic oxidation sites excluding steroid dienone is 1. The quantitative estimate of drug-likeness (QED) is 0.399. The van der Waals surface area contributed by atoms with E-state index < -0.39 is 11.6 Å². The maximum absolute atomic E-state index is 13.1. The molecule has 138 valence electrons. The summed E-state index contributed by atoms with van der Waals surface area (Å²) >= 11 is 5.63. The van der Waals surface area contributed by atoms with Crippen molar-refractivity contribution in [3.8, 4) is 11.1 Å². The van der Waals surface area contributed by atoms with Gasteiger partial charge in [0, 0.05) is 11.1 Å². The molecular formula is C22H19ClF2N2. The molecule has 27 heavy (non-hydrogen) atoms. The molecule has 3 aromatic rings. The summed E-state index contributed by atoms with van der Waals surface area (Å²) in [4.78, 5) is 3.84. The molecule has 0 aromatic heterocycles. The summed E-state index contributed by atoms with van der Waals surface area (Å²) in [6.07, 6.45) is 5.16. The van der Waals surface area contributed by atoms with Gasteiger partial charge in [-0.25, -0.2) is 13.8 Å². The molecule has 0 atom stereocenters. The second-order valence-electron chi connectivity index (χ2n) is 5.53. The minimum atomic E-state index is -0.558. The summed E-state index contributed by atoms with van der Waals surface area (Å²) in [6, 6.07) is 18.2. The van der Waals surface area contributed by atoms with Crippen LogP contribution in [0.5, 0.6) is 0 Å². The fourth-order valence-electron chi connectivity index (χ4n) is 2.31. The van der Waals surface area contributed by atoms with Crippen LogP contribution >= 0.6 is 11.6 Å². The molecule has 0 bridgehead atoms. The highest BCUT2D eigenvalue weighted by Crippen LogP contribution is 2.22. The van der Waals surface area contributed by atoms with Crippen molar-refractivity contribution in [2.75, 3.05) is 0 Å². The Morgan fingerprint density at radius 2 is 1.44 bits per heavy atom. The van der Waals surface area contributed by atoms with Crippen molar-refractivity contribution in [2.24, 2.45) is 10.7 Å². The predicted molar refractivity (Wildman–Crippen MR) is 110 cm³/mol. The Kier molecular flexibility index (Phi) is 7.71. The zero-order chi connectivity index (χ0) is 19.6. The van der Waals surface area contributed by atoms with Crippen LogP contribution in [0.15, 0.2) is 77.8 Å². The predicted octanol–water partition coefficient (Wildman–Crippen LogP) is 6.62. The van der Waals surface area contributed by atoms with Crippen molar-refractivity contribution in [1.29, 1.82) is 0 Å². The highest BCUT2D eigenvalue weighted by atomic mass is 35.5. The molecule has 2 nitrogen and oxygen atoms in total. The normalized spacial score (nSPS) is 10.8. The Bertz CT molecular complexity index is 898. The monoisotopic (exact) mass is 384 g/mol. The fourth-order valence-corrected chi connectivity index (χ4v) is 2.44. The number of hydrogen-bond donors (Lipinski definition) is 1. The van der Waals surface area contributed by atoms with E-state index in [1.807, 2.05) is 43.3 Å². The maximum Gasteiger partial charge on any atom is 0.126 e. The molecule has 0 radical (unpaired) electrons. The van der Waals surface area contributed by atoms with Crippen LogP contribution in [0.25, 0.3) is 17.2 Å². The van der Waals surface area contributed by atoms with Gasteiger partial charge in [-0.3, -0.25) is 0 Å². The molecule has 3 aromatic carbocycles. The van der Waals surface area contributed by atoms with Crippen molar-refractivity contribution < 1.29 is 8.78 Å². The van der Waals surface area contributed by atoms with Gasteiger partial charge in [-0.05, 0) is 60.0 Å². The van der Waals surface area contributed by atoms with Crippen LogP contribution in [0.4, 0.5) is 14.5 Å². The second-order valence-corrected chi connectivity index (χ2v) is 5.97. The van der Waals surface area contributed by atoms with Crippen molar-refractivity contribution in [3.05, 3.63) is 95.0 Å². The maximum atomic E-state index is 13.1. The van der Waals surface area contributed by atoms with E-state index in [-0.39, 0.29) is 0 Å². The van der Waals surface area contributed by atoms with Crippen molar-refractivity contribution in [2.45, 2.75) is 6.92 Å². The largest absolute Gasteiger partial charge is 0.390 e. The Balaban J connectivity index is 0.000000223. The van der Waals surface area contributed by atoms with Crippen molar-refractivity contribution in [1.82, 2.24) is 0 Å². The molecule has 0 saturated carbocycles. The molecule has 0 aliphatic heterocycles. The first-order valence-electron chi connectivity index (χ1n) is 8.21. The first-order chi connectivity index (χ1) is 13.0. The standard InChI is InChI=1S/C15H12F2.C7H7ClN2/c1-2-3-11-4-6-12(7-5-11)13-8-14(16)10-15(17)9-13;8-6-1-3-7(4-2-6)10-5-9/h2-10H,1H3;1-5H,(H2,9,10)/b3-2+;. The number of hydrogen-bond acceptors (Lipinski definition) is 1. The van der Waals surface area contributed by atoms with Gasteiger partial charge in [0.15, 0.2) is 0 Å². The van der Waals surface area contributed by atoms with Gasteiger partial charge in [-0.1, -0.05) is 48.0 Å². The zero-order valence-electron chi connectivity index (χ0n) is 14.7. The number of rotatable bonds is 3. The van der Waals surface area contributed by atoms with E-state index in [9.17, 15) is 8.78 Å². The van der Waals surface area contributed by atoms with Gasteiger partial charge in [0.1, 0.15) is 11.6 Å². The summed E-state index contributed by atoms with van der Waals surface area (Å²) in [6.45, 7) is 1.94. The minimum absolute atomic E-state index is 0.550. The van der Waals surface area contributed by atoms with E-state index >= 15 is 0 Å². The van der Waals surface area contributed by atoms with Crippen LogP contribution in [0.2, 0.25) is 5.02 Å². The molecule has 0 amide bonds. The van der Waals surface area contributed by atoms with Crippen molar-refractivity contribution >= 4 is 29.7 Å². The number of nitrogens with two attached hydrogens (primary N) is 1. The van der Waals surface area contributed by atoms with Gasteiger partial charge in [0.05, 0.1) is 12.0 Å². The highest BCUT2D eigenvalue weighted by Gasteiger charge is 2.02. The number of nitrogens with zero attached hydrogens (tertiary/aromatic N) is 1. The third-order valence-corrected chi connectivity index (χ3v) is 3.77. The first-order valence-corrected chi connectivity index (χ1v) is 8.58.